The van der Waals surface area contributed by atoms with Crippen molar-refractivity contribution in [3.63, 3.8) is 0 Å². The first-order valence-corrected chi connectivity index (χ1v) is 9.88. The van der Waals surface area contributed by atoms with Crippen molar-refractivity contribution in [3.8, 4) is 0 Å². The zero-order chi connectivity index (χ0) is 20.1. The molecule has 0 radical (unpaired) electrons. The number of hydrogen-bond donors (Lipinski definition) is 2. The van der Waals surface area contributed by atoms with Crippen molar-refractivity contribution < 1.29 is 53.5 Å². The minimum absolute atomic E-state index is 0. The van der Waals surface area contributed by atoms with Gasteiger partial charge in [0, 0.05) is 22.4 Å². The number of hydrogen-bond acceptors (Lipinski definition) is 5. The number of anilines is 2. The predicted molar refractivity (Wildman–Crippen MR) is 105 cm³/mol. The van der Waals surface area contributed by atoms with Gasteiger partial charge in [0.1, 0.15) is 0 Å². The summed E-state index contributed by atoms with van der Waals surface area (Å²) in [6.45, 7) is 1.85. The molecular weight excluding hydrogens is 401 g/mol. The Balaban J connectivity index is 0.00000160. The molecule has 6 nitrogen and oxygen atoms in total. The number of aryl methyl sites for hydroxylation is 1. The Morgan fingerprint density at radius 2 is 1.41 bits per heavy atom. The Morgan fingerprint density at radius 1 is 0.828 bits per heavy atom. The number of fused-ring (bicyclic) bond motifs is 2. The van der Waals surface area contributed by atoms with Crippen LogP contribution in [0, 0.1) is 6.92 Å². The van der Waals surface area contributed by atoms with Gasteiger partial charge in [-0.15, -0.1) is 0 Å². The monoisotopic (exact) mass is 417 g/mol. The SMILES string of the molecule is Cc1ccccc1Nc1cc(S(=O)(=O)O)cc2c1C(=O)c1ccccc1C2=O.[H-].[Na+]. The van der Waals surface area contributed by atoms with Crippen LogP contribution < -0.4 is 34.9 Å². The molecule has 3 aromatic rings. The smallest absolute Gasteiger partial charge is 1.00 e. The van der Waals surface area contributed by atoms with Crippen molar-refractivity contribution in [2.75, 3.05) is 5.32 Å². The van der Waals surface area contributed by atoms with Crippen LogP contribution >= 0.6 is 0 Å². The van der Waals surface area contributed by atoms with Crippen molar-refractivity contribution in [2.24, 2.45) is 0 Å². The molecule has 1 aliphatic carbocycles. The van der Waals surface area contributed by atoms with Crippen LogP contribution in [0.25, 0.3) is 0 Å². The molecule has 0 fully saturated rings. The number of ketones is 2. The van der Waals surface area contributed by atoms with Gasteiger partial charge in [0.15, 0.2) is 11.6 Å². The van der Waals surface area contributed by atoms with Crippen molar-refractivity contribution in [1.82, 2.24) is 0 Å². The fraction of sp³-hybridized carbons (Fsp3) is 0.0476. The van der Waals surface area contributed by atoms with Gasteiger partial charge >= 0.3 is 29.6 Å². The number of carbonyl (C=O) groups is 2. The third-order valence-corrected chi connectivity index (χ3v) is 5.54. The maximum Gasteiger partial charge on any atom is 1.00 e. The molecule has 3 aromatic carbocycles. The molecule has 0 saturated carbocycles. The van der Waals surface area contributed by atoms with E-state index < -0.39 is 20.8 Å². The summed E-state index contributed by atoms with van der Waals surface area (Å²) in [5.41, 5.74) is 2.14. The van der Waals surface area contributed by atoms with Crippen LogP contribution in [0.2, 0.25) is 0 Å². The van der Waals surface area contributed by atoms with E-state index in [1.54, 1.807) is 30.3 Å². The van der Waals surface area contributed by atoms with E-state index in [0.29, 0.717) is 5.69 Å². The Labute approximate surface area is 191 Å². The van der Waals surface area contributed by atoms with Gasteiger partial charge in [0.25, 0.3) is 10.1 Å². The van der Waals surface area contributed by atoms with E-state index >= 15 is 0 Å². The first-order chi connectivity index (χ1) is 13.3. The Bertz CT molecular complexity index is 1270. The summed E-state index contributed by atoms with van der Waals surface area (Å²) in [4.78, 5) is 25.6. The van der Waals surface area contributed by atoms with Crippen molar-refractivity contribution in [2.45, 2.75) is 11.8 Å². The van der Waals surface area contributed by atoms with E-state index in [9.17, 15) is 22.6 Å². The average molecular weight is 417 g/mol. The number of carbonyl (C=O) groups excluding carboxylic acids is 2. The summed E-state index contributed by atoms with van der Waals surface area (Å²) in [5.74, 6) is -0.855. The van der Waals surface area contributed by atoms with Gasteiger partial charge in [-0.1, -0.05) is 42.5 Å². The largest absolute Gasteiger partial charge is 1.00 e. The van der Waals surface area contributed by atoms with Gasteiger partial charge in [-0.2, -0.15) is 8.42 Å². The molecule has 0 amide bonds. The molecule has 0 aliphatic heterocycles. The molecule has 0 unspecified atom stereocenters. The molecule has 0 bridgehead atoms. The number of para-hydroxylation sites is 1. The van der Waals surface area contributed by atoms with E-state index in [0.717, 1.165) is 11.6 Å². The molecule has 142 valence electrons. The number of nitrogens with one attached hydrogen (secondary N) is 1. The second-order valence-corrected chi connectivity index (χ2v) is 7.93. The minimum Gasteiger partial charge on any atom is -1.00 e. The summed E-state index contributed by atoms with van der Waals surface area (Å²) in [7, 11) is -4.58. The molecule has 8 heteroatoms. The molecule has 1 aliphatic rings. The molecule has 0 heterocycles. The van der Waals surface area contributed by atoms with Crippen molar-refractivity contribution in [1.29, 1.82) is 0 Å². The van der Waals surface area contributed by atoms with Crippen LogP contribution in [-0.4, -0.2) is 24.5 Å². The van der Waals surface area contributed by atoms with Crippen LogP contribution in [0.3, 0.4) is 0 Å². The number of benzene rings is 3. The van der Waals surface area contributed by atoms with Gasteiger partial charge in [-0.25, -0.2) is 0 Å². The quantitative estimate of drug-likeness (QED) is 0.379. The van der Waals surface area contributed by atoms with Crippen LogP contribution in [0.4, 0.5) is 11.4 Å². The summed E-state index contributed by atoms with van der Waals surface area (Å²) in [6.07, 6.45) is 0. The van der Waals surface area contributed by atoms with Gasteiger partial charge in [-0.05, 0) is 30.7 Å². The number of rotatable bonds is 3. The van der Waals surface area contributed by atoms with Crippen molar-refractivity contribution in [3.05, 3.63) is 88.5 Å². The second kappa shape index (κ2) is 7.85. The maximum absolute atomic E-state index is 13.1. The molecule has 2 N–H and O–H groups in total. The summed E-state index contributed by atoms with van der Waals surface area (Å²) in [5, 5.41) is 3.05. The third-order valence-electron chi connectivity index (χ3n) is 4.71. The summed E-state index contributed by atoms with van der Waals surface area (Å²) >= 11 is 0. The first kappa shape index (κ1) is 21.4. The van der Waals surface area contributed by atoms with Crippen LogP contribution in [0.5, 0.6) is 0 Å². The standard InChI is InChI=1S/C21H15NO5S.Na.H/c1-12-6-2-5-9-17(12)22-18-11-13(28(25,26)27)10-16-19(18)21(24)15-8-4-3-7-14(15)20(16)23;;/h2-11,22H,1H3,(H,25,26,27);;/q;+1;-1. The molecule has 4 rings (SSSR count). The summed E-state index contributed by atoms with van der Waals surface area (Å²) in [6, 6.07) is 15.8. The normalized spacial score (nSPS) is 12.6. The van der Waals surface area contributed by atoms with E-state index in [1.165, 1.54) is 12.1 Å². The van der Waals surface area contributed by atoms with Crippen LogP contribution in [0.15, 0.2) is 65.6 Å². The molecule has 0 spiro atoms. The van der Waals surface area contributed by atoms with Gasteiger partial charge in [0.05, 0.1) is 16.1 Å². The van der Waals surface area contributed by atoms with Gasteiger partial charge in [0.2, 0.25) is 0 Å². The second-order valence-electron chi connectivity index (χ2n) is 6.51. The summed E-state index contributed by atoms with van der Waals surface area (Å²) < 4.78 is 33.0. The Morgan fingerprint density at radius 3 is 2.03 bits per heavy atom. The van der Waals surface area contributed by atoms with Crippen molar-refractivity contribution >= 4 is 33.1 Å². The van der Waals surface area contributed by atoms with E-state index in [4.69, 9.17) is 0 Å². The first-order valence-electron chi connectivity index (χ1n) is 8.44. The third kappa shape index (κ3) is 3.80. The molecule has 29 heavy (non-hydrogen) atoms. The van der Waals surface area contributed by atoms with Gasteiger partial charge in [-0.3, -0.25) is 14.1 Å². The predicted octanol–water partition coefficient (Wildman–Crippen LogP) is 0.877. The zero-order valence-corrected chi connectivity index (χ0v) is 18.6. The zero-order valence-electron chi connectivity index (χ0n) is 16.8. The average Bonchev–Trinajstić information content (AvgIpc) is 2.66. The van der Waals surface area contributed by atoms with Crippen LogP contribution in [0.1, 0.15) is 38.8 Å². The molecule has 0 aromatic heterocycles. The molecular formula is C21H16NNaO5S. The Kier molecular flexibility index (Phi) is 5.80. The minimum atomic E-state index is -4.58. The maximum atomic E-state index is 13.1. The fourth-order valence-corrected chi connectivity index (χ4v) is 3.84. The molecule has 0 saturated heterocycles. The topological polar surface area (TPSA) is 101 Å². The van der Waals surface area contributed by atoms with E-state index in [-0.39, 0.29) is 64.7 Å². The van der Waals surface area contributed by atoms with E-state index in [1.807, 2.05) is 19.1 Å². The molecule has 0 atom stereocenters. The van der Waals surface area contributed by atoms with Gasteiger partial charge < -0.3 is 6.74 Å². The fourth-order valence-electron chi connectivity index (χ4n) is 3.30. The van der Waals surface area contributed by atoms with Crippen LogP contribution in [-0.2, 0) is 10.1 Å². The van der Waals surface area contributed by atoms with E-state index in [2.05, 4.69) is 5.32 Å². The Hall–Kier alpha value is -2.29.